The summed E-state index contributed by atoms with van der Waals surface area (Å²) in [5.41, 5.74) is 1.46. The fourth-order valence-corrected chi connectivity index (χ4v) is 3.82. The summed E-state index contributed by atoms with van der Waals surface area (Å²) in [4.78, 5) is 21.9. The molecule has 4 aromatic rings. The van der Waals surface area contributed by atoms with E-state index in [-0.39, 0.29) is 17.9 Å². The Morgan fingerprint density at radius 3 is 2.61 bits per heavy atom. The van der Waals surface area contributed by atoms with Crippen molar-refractivity contribution in [1.82, 2.24) is 14.5 Å². The van der Waals surface area contributed by atoms with Gasteiger partial charge in [0.05, 0.1) is 23.1 Å². The van der Waals surface area contributed by atoms with Crippen LogP contribution in [0.25, 0.3) is 10.9 Å². The maximum Gasteiger partial charge on any atom is 0.262 e. The molecule has 0 bridgehead atoms. The van der Waals surface area contributed by atoms with Crippen LogP contribution in [0, 0.1) is 11.6 Å². The van der Waals surface area contributed by atoms with Crippen molar-refractivity contribution in [2.75, 3.05) is 0 Å². The van der Waals surface area contributed by atoms with E-state index in [9.17, 15) is 13.6 Å². The number of pyridine rings is 1. The van der Waals surface area contributed by atoms with Crippen molar-refractivity contribution in [3.8, 4) is 0 Å². The number of hydrogen-bond acceptors (Lipinski definition) is 4. The highest BCUT2D eigenvalue weighted by molar-refractivity contribution is 7.98. The van der Waals surface area contributed by atoms with Crippen LogP contribution in [0.15, 0.2) is 76.8 Å². The van der Waals surface area contributed by atoms with E-state index in [0.29, 0.717) is 21.6 Å². The Kier molecular flexibility index (Phi) is 5.16. The van der Waals surface area contributed by atoms with Crippen molar-refractivity contribution in [1.29, 1.82) is 0 Å². The van der Waals surface area contributed by atoms with Crippen molar-refractivity contribution in [3.63, 3.8) is 0 Å². The standard InChI is InChI=1S/C21H15F2N3OS/c22-15-9-8-14(18(23)11-15)13-28-21-25-19-7-2-1-6-17(19)20(27)26(21)12-16-5-3-4-10-24-16/h1-11H,12-13H2. The predicted octanol–water partition coefficient (Wildman–Crippen LogP) is 4.41. The number of fused-ring (bicyclic) bond motifs is 1. The summed E-state index contributed by atoms with van der Waals surface area (Å²) in [6, 6.07) is 16.1. The molecule has 0 amide bonds. The number of hydrogen-bond donors (Lipinski definition) is 0. The third-order valence-electron chi connectivity index (χ3n) is 4.24. The molecule has 0 radical (unpaired) electrons. The quantitative estimate of drug-likeness (QED) is 0.371. The first-order valence-corrected chi connectivity index (χ1v) is 9.56. The van der Waals surface area contributed by atoms with Crippen LogP contribution in [0.1, 0.15) is 11.3 Å². The van der Waals surface area contributed by atoms with Gasteiger partial charge in [0.15, 0.2) is 5.16 Å². The third-order valence-corrected chi connectivity index (χ3v) is 5.27. The van der Waals surface area contributed by atoms with Gasteiger partial charge >= 0.3 is 0 Å². The lowest BCUT2D eigenvalue weighted by Crippen LogP contribution is -2.24. The molecule has 0 N–H and O–H groups in total. The SMILES string of the molecule is O=c1c2ccccc2nc(SCc2ccc(F)cc2F)n1Cc1ccccn1. The molecule has 2 aromatic carbocycles. The number of nitrogens with zero attached hydrogens (tertiary/aromatic N) is 3. The zero-order chi connectivity index (χ0) is 19.5. The van der Waals surface area contributed by atoms with E-state index in [1.807, 2.05) is 18.2 Å². The molecule has 140 valence electrons. The topological polar surface area (TPSA) is 47.8 Å². The lowest BCUT2D eigenvalue weighted by molar-refractivity contribution is 0.576. The zero-order valence-corrected chi connectivity index (χ0v) is 15.5. The monoisotopic (exact) mass is 395 g/mol. The molecular formula is C21H15F2N3OS. The van der Waals surface area contributed by atoms with Gasteiger partial charge in [0.25, 0.3) is 5.56 Å². The minimum absolute atomic E-state index is 0.182. The number of para-hydroxylation sites is 1. The molecule has 0 spiro atoms. The highest BCUT2D eigenvalue weighted by Gasteiger charge is 2.14. The summed E-state index contributed by atoms with van der Waals surface area (Å²) in [6.45, 7) is 0.256. The van der Waals surface area contributed by atoms with Gasteiger partial charge in [0.2, 0.25) is 0 Å². The normalized spacial score (nSPS) is 11.1. The minimum atomic E-state index is -0.623. The molecule has 0 aliphatic heterocycles. The summed E-state index contributed by atoms with van der Waals surface area (Å²) >= 11 is 1.23. The van der Waals surface area contributed by atoms with E-state index >= 15 is 0 Å². The number of aromatic nitrogens is 3. The van der Waals surface area contributed by atoms with Crippen LogP contribution in [0.5, 0.6) is 0 Å². The Morgan fingerprint density at radius 2 is 1.82 bits per heavy atom. The van der Waals surface area contributed by atoms with Gasteiger partial charge in [-0.1, -0.05) is 36.0 Å². The molecule has 2 aromatic heterocycles. The van der Waals surface area contributed by atoms with E-state index in [4.69, 9.17) is 0 Å². The average molecular weight is 395 g/mol. The van der Waals surface area contributed by atoms with Gasteiger partial charge in [0.1, 0.15) is 11.6 Å². The van der Waals surface area contributed by atoms with Crippen molar-refractivity contribution >= 4 is 22.7 Å². The van der Waals surface area contributed by atoms with Gasteiger partial charge in [-0.15, -0.1) is 0 Å². The Labute approximate surface area is 163 Å². The summed E-state index contributed by atoms with van der Waals surface area (Å²) in [7, 11) is 0. The van der Waals surface area contributed by atoms with Crippen molar-refractivity contribution in [3.05, 3.63) is 100 Å². The summed E-state index contributed by atoms with van der Waals surface area (Å²) < 4.78 is 28.7. The summed E-state index contributed by atoms with van der Waals surface area (Å²) in [5.74, 6) is -1.02. The van der Waals surface area contributed by atoms with Gasteiger partial charge in [-0.05, 0) is 35.9 Å². The molecule has 0 fully saturated rings. The van der Waals surface area contributed by atoms with E-state index in [1.54, 1.807) is 30.5 Å². The van der Waals surface area contributed by atoms with Crippen LogP contribution in [0.2, 0.25) is 0 Å². The third kappa shape index (κ3) is 3.80. The zero-order valence-electron chi connectivity index (χ0n) is 14.7. The molecule has 4 rings (SSSR count). The Bertz CT molecular complexity index is 1200. The van der Waals surface area contributed by atoms with Gasteiger partial charge in [0, 0.05) is 18.0 Å². The molecule has 0 saturated heterocycles. The van der Waals surface area contributed by atoms with Gasteiger partial charge in [-0.2, -0.15) is 0 Å². The smallest absolute Gasteiger partial charge is 0.262 e. The Morgan fingerprint density at radius 1 is 1.00 bits per heavy atom. The highest BCUT2D eigenvalue weighted by atomic mass is 32.2. The number of halogens is 2. The van der Waals surface area contributed by atoms with Crippen molar-refractivity contribution in [2.24, 2.45) is 0 Å². The number of rotatable bonds is 5. The fraction of sp³-hybridized carbons (Fsp3) is 0.0952. The van der Waals surface area contributed by atoms with Gasteiger partial charge < -0.3 is 0 Å². The van der Waals surface area contributed by atoms with Crippen LogP contribution < -0.4 is 5.56 Å². The molecule has 2 heterocycles. The maximum atomic E-state index is 14.0. The predicted molar refractivity (Wildman–Crippen MR) is 105 cm³/mol. The maximum absolute atomic E-state index is 14.0. The summed E-state index contributed by atoms with van der Waals surface area (Å²) in [6.07, 6.45) is 1.66. The fourth-order valence-electron chi connectivity index (χ4n) is 2.83. The molecule has 0 aliphatic carbocycles. The molecular weight excluding hydrogens is 380 g/mol. The Balaban J connectivity index is 1.74. The van der Waals surface area contributed by atoms with Gasteiger partial charge in [-0.25, -0.2) is 13.8 Å². The molecule has 28 heavy (non-hydrogen) atoms. The lowest BCUT2D eigenvalue weighted by Gasteiger charge is -2.13. The molecule has 0 atom stereocenters. The molecule has 0 aliphatic rings. The van der Waals surface area contributed by atoms with Crippen molar-refractivity contribution < 1.29 is 8.78 Å². The van der Waals surface area contributed by atoms with Crippen LogP contribution in [0.3, 0.4) is 0 Å². The summed E-state index contributed by atoms with van der Waals surface area (Å²) in [5, 5.41) is 0.967. The van der Waals surface area contributed by atoms with Crippen LogP contribution in [-0.2, 0) is 12.3 Å². The average Bonchev–Trinajstić information content (AvgIpc) is 2.71. The minimum Gasteiger partial charge on any atom is -0.281 e. The first-order valence-electron chi connectivity index (χ1n) is 8.58. The van der Waals surface area contributed by atoms with E-state index in [2.05, 4.69) is 9.97 Å². The molecule has 4 nitrogen and oxygen atoms in total. The second kappa shape index (κ2) is 7.90. The second-order valence-electron chi connectivity index (χ2n) is 6.15. The molecule has 0 saturated carbocycles. The van der Waals surface area contributed by atoms with E-state index in [1.165, 1.54) is 28.5 Å². The van der Waals surface area contributed by atoms with E-state index < -0.39 is 11.6 Å². The lowest BCUT2D eigenvalue weighted by atomic mass is 10.2. The second-order valence-corrected chi connectivity index (χ2v) is 7.09. The van der Waals surface area contributed by atoms with Crippen LogP contribution in [0.4, 0.5) is 8.78 Å². The Hall–Kier alpha value is -3.06. The number of thioether (sulfide) groups is 1. The molecule has 7 heteroatoms. The van der Waals surface area contributed by atoms with Crippen LogP contribution in [-0.4, -0.2) is 14.5 Å². The van der Waals surface area contributed by atoms with E-state index in [0.717, 1.165) is 11.8 Å². The highest BCUT2D eigenvalue weighted by Crippen LogP contribution is 2.24. The van der Waals surface area contributed by atoms with Crippen molar-refractivity contribution in [2.45, 2.75) is 17.5 Å². The first kappa shape index (κ1) is 18.3. The first-order chi connectivity index (χ1) is 13.6. The number of benzene rings is 2. The largest absolute Gasteiger partial charge is 0.281 e. The van der Waals surface area contributed by atoms with Gasteiger partial charge in [-0.3, -0.25) is 14.3 Å². The van der Waals surface area contributed by atoms with Crippen LogP contribution >= 0.6 is 11.8 Å². The molecule has 0 unspecified atom stereocenters.